The number of carbonyl (C=O) groups excluding carboxylic acids is 4. The van der Waals surface area contributed by atoms with Crippen molar-refractivity contribution in [3.63, 3.8) is 0 Å². The van der Waals surface area contributed by atoms with Crippen LogP contribution in [0.1, 0.15) is 75.3 Å². The molecule has 240 valence electrons. The molecule has 7 N–H and O–H groups in total. The van der Waals surface area contributed by atoms with Crippen molar-refractivity contribution in [2.24, 2.45) is 11.5 Å². The van der Waals surface area contributed by atoms with Gasteiger partial charge in [-0.2, -0.15) is 0 Å². The summed E-state index contributed by atoms with van der Waals surface area (Å²) in [5.41, 5.74) is 16.1. The summed E-state index contributed by atoms with van der Waals surface area (Å²) in [6, 6.07) is 14.6. The van der Waals surface area contributed by atoms with Crippen LogP contribution in [0.15, 0.2) is 48.5 Å². The van der Waals surface area contributed by atoms with E-state index < -0.39 is 36.0 Å². The lowest BCUT2D eigenvalue weighted by Crippen LogP contribution is -2.52. The third-order valence-corrected chi connectivity index (χ3v) is 7.64. The van der Waals surface area contributed by atoms with Gasteiger partial charge in [0.15, 0.2) is 0 Å². The van der Waals surface area contributed by atoms with Gasteiger partial charge in [0, 0.05) is 12.5 Å². The number of carbonyl (C=O) groups is 4. The highest BCUT2D eigenvalue weighted by Gasteiger charge is 2.29. The Bertz CT molecular complexity index is 1190. The van der Waals surface area contributed by atoms with Gasteiger partial charge in [-0.05, 0) is 67.3 Å². The van der Waals surface area contributed by atoms with Crippen molar-refractivity contribution in [3.05, 3.63) is 59.7 Å². The molecule has 0 saturated carbocycles. The largest absolute Gasteiger partial charge is 0.464 e. The fourth-order valence-electron chi connectivity index (χ4n) is 5.16. The zero-order valence-electron chi connectivity index (χ0n) is 25.6. The van der Waals surface area contributed by atoms with Gasteiger partial charge in [0.2, 0.25) is 11.8 Å². The van der Waals surface area contributed by atoms with E-state index in [2.05, 4.69) is 40.2 Å². The van der Waals surface area contributed by atoms with Crippen molar-refractivity contribution in [3.8, 4) is 11.1 Å². The molecule has 2 atom stereocenters. The third-order valence-electron chi connectivity index (χ3n) is 7.64. The maximum Gasteiger partial charge on any atom is 0.407 e. The smallest absolute Gasteiger partial charge is 0.407 e. The maximum atomic E-state index is 12.9. The van der Waals surface area contributed by atoms with Crippen molar-refractivity contribution >= 4 is 23.9 Å². The van der Waals surface area contributed by atoms with Crippen LogP contribution in [-0.2, 0) is 23.9 Å². The van der Waals surface area contributed by atoms with Crippen LogP contribution in [0.3, 0.4) is 0 Å². The van der Waals surface area contributed by atoms with E-state index in [1.807, 2.05) is 31.2 Å². The molecule has 1 aliphatic rings. The first-order valence-electron chi connectivity index (χ1n) is 15.6. The van der Waals surface area contributed by atoms with Gasteiger partial charge in [-0.1, -0.05) is 68.3 Å². The van der Waals surface area contributed by atoms with Gasteiger partial charge >= 0.3 is 12.1 Å². The molecule has 44 heavy (non-hydrogen) atoms. The number of ether oxygens (including phenoxy) is 2. The van der Waals surface area contributed by atoms with Gasteiger partial charge in [-0.3, -0.25) is 14.4 Å². The summed E-state index contributed by atoms with van der Waals surface area (Å²) in [6.07, 6.45) is 4.38. The molecule has 11 nitrogen and oxygen atoms in total. The molecule has 1 aliphatic carbocycles. The number of hydrogen-bond donors (Lipinski definition) is 5. The fraction of sp³-hybridized carbons (Fsp3) is 0.515. The van der Waals surface area contributed by atoms with Crippen molar-refractivity contribution in [1.29, 1.82) is 0 Å². The van der Waals surface area contributed by atoms with Crippen LogP contribution >= 0.6 is 0 Å². The highest BCUT2D eigenvalue weighted by atomic mass is 16.5. The van der Waals surface area contributed by atoms with E-state index in [1.165, 1.54) is 0 Å². The number of nitrogens with two attached hydrogens (primary N) is 2. The Kier molecular flexibility index (Phi) is 14.6. The minimum absolute atomic E-state index is 0.0263. The van der Waals surface area contributed by atoms with Gasteiger partial charge in [0.1, 0.15) is 19.2 Å². The average molecular weight is 610 g/mol. The van der Waals surface area contributed by atoms with E-state index in [1.54, 1.807) is 0 Å². The van der Waals surface area contributed by atoms with E-state index in [9.17, 15) is 19.2 Å². The van der Waals surface area contributed by atoms with Crippen LogP contribution in [0.5, 0.6) is 0 Å². The first-order valence-corrected chi connectivity index (χ1v) is 15.6. The predicted molar refractivity (Wildman–Crippen MR) is 169 cm³/mol. The van der Waals surface area contributed by atoms with Crippen LogP contribution in [0.4, 0.5) is 4.79 Å². The Balaban J connectivity index is 1.44. The Labute approximate surface area is 259 Å². The topological polar surface area (TPSA) is 175 Å². The van der Waals surface area contributed by atoms with E-state index >= 15 is 0 Å². The summed E-state index contributed by atoms with van der Waals surface area (Å²) in [7, 11) is 0. The van der Waals surface area contributed by atoms with Gasteiger partial charge in [-0.15, -0.1) is 0 Å². The number of alkyl carbamates (subject to hydrolysis) is 1. The summed E-state index contributed by atoms with van der Waals surface area (Å²) in [6.45, 7) is 3.05. The summed E-state index contributed by atoms with van der Waals surface area (Å²) in [4.78, 5) is 50.0. The Morgan fingerprint density at radius 2 is 1.48 bits per heavy atom. The lowest BCUT2D eigenvalue weighted by atomic mass is 9.98. The summed E-state index contributed by atoms with van der Waals surface area (Å²) < 4.78 is 10.7. The van der Waals surface area contributed by atoms with Crippen molar-refractivity contribution in [1.82, 2.24) is 16.0 Å². The first-order chi connectivity index (χ1) is 21.3. The van der Waals surface area contributed by atoms with E-state index in [0.29, 0.717) is 51.8 Å². The average Bonchev–Trinajstić information content (AvgIpc) is 3.35. The number of esters is 1. The van der Waals surface area contributed by atoms with Crippen LogP contribution < -0.4 is 27.4 Å². The number of amides is 3. The van der Waals surface area contributed by atoms with Gasteiger partial charge in [-0.25, -0.2) is 4.79 Å². The maximum absolute atomic E-state index is 12.9. The summed E-state index contributed by atoms with van der Waals surface area (Å²) in [5.74, 6) is -1.50. The minimum atomic E-state index is -0.888. The Hall–Kier alpha value is -3.96. The molecule has 0 heterocycles. The molecular weight excluding hydrogens is 562 g/mol. The molecule has 0 bridgehead atoms. The van der Waals surface area contributed by atoms with Gasteiger partial charge in [0.05, 0.1) is 12.6 Å². The van der Waals surface area contributed by atoms with E-state index in [-0.39, 0.29) is 19.1 Å². The molecule has 2 aromatic rings. The van der Waals surface area contributed by atoms with Crippen molar-refractivity contribution < 1.29 is 28.7 Å². The van der Waals surface area contributed by atoms with Crippen LogP contribution in [0.2, 0.25) is 0 Å². The molecule has 0 radical (unpaired) electrons. The second kappa shape index (κ2) is 18.6. The first kappa shape index (κ1) is 34.5. The second-order valence-electron chi connectivity index (χ2n) is 11.0. The Morgan fingerprint density at radius 3 is 2.14 bits per heavy atom. The zero-order chi connectivity index (χ0) is 31.7. The highest BCUT2D eigenvalue weighted by molar-refractivity contribution is 5.91. The number of unbranched alkanes of at least 4 members (excludes halogenated alkanes) is 3. The lowest BCUT2D eigenvalue weighted by molar-refractivity contribution is -0.144. The number of benzene rings is 2. The van der Waals surface area contributed by atoms with Crippen LogP contribution in [0, 0.1) is 0 Å². The zero-order valence-corrected chi connectivity index (χ0v) is 25.6. The molecule has 0 spiro atoms. The standard InChI is InChI=1S/C33H47N5O6/c1-2-3-20-43-30(39)21-37-32(41)29(38-31(40)28(35)16-8-10-18-34)17-9-11-19-36-33(42)44-22-27-25-14-6-4-12-23(25)24-13-5-7-15-26(24)27/h4-7,12-15,27-29H,2-3,8-11,16-22,34-35H2,1H3,(H,36,42)(H,37,41)(H,38,40). The van der Waals surface area contributed by atoms with Gasteiger partial charge in [0.25, 0.3) is 0 Å². The molecule has 2 aromatic carbocycles. The Morgan fingerprint density at radius 1 is 0.818 bits per heavy atom. The monoisotopic (exact) mass is 609 g/mol. The molecule has 0 saturated heterocycles. The quantitative estimate of drug-likeness (QED) is 0.119. The van der Waals surface area contributed by atoms with Crippen molar-refractivity contribution in [2.45, 2.75) is 76.3 Å². The van der Waals surface area contributed by atoms with Crippen molar-refractivity contribution in [2.75, 3.05) is 32.8 Å². The minimum Gasteiger partial charge on any atom is -0.464 e. The normalized spacial score (nSPS) is 13.2. The molecule has 11 heteroatoms. The summed E-state index contributed by atoms with van der Waals surface area (Å²) >= 11 is 0. The number of hydrogen-bond acceptors (Lipinski definition) is 8. The SMILES string of the molecule is CCCCOC(=O)CNC(=O)C(CCCCNC(=O)OCC1c2ccccc2-c2ccccc21)NC(=O)C(N)CCCCN. The highest BCUT2D eigenvalue weighted by Crippen LogP contribution is 2.44. The van der Waals surface area contributed by atoms with Gasteiger partial charge < -0.3 is 36.9 Å². The number of fused-ring (bicyclic) bond motifs is 3. The number of rotatable bonds is 19. The van der Waals surface area contributed by atoms with E-state index in [4.69, 9.17) is 20.9 Å². The van der Waals surface area contributed by atoms with Crippen LogP contribution in [-0.4, -0.2) is 68.8 Å². The fourth-order valence-corrected chi connectivity index (χ4v) is 5.16. The molecule has 0 aliphatic heterocycles. The number of nitrogens with one attached hydrogen (secondary N) is 3. The third kappa shape index (κ3) is 10.6. The predicted octanol–water partition coefficient (Wildman–Crippen LogP) is 3.10. The molecule has 0 fully saturated rings. The molecule has 2 unspecified atom stereocenters. The molecule has 3 rings (SSSR count). The van der Waals surface area contributed by atoms with Crippen LogP contribution in [0.25, 0.3) is 11.1 Å². The molecule has 0 aromatic heterocycles. The van der Waals surface area contributed by atoms with E-state index in [0.717, 1.165) is 41.5 Å². The molecule has 3 amide bonds. The summed E-state index contributed by atoms with van der Waals surface area (Å²) in [5, 5.41) is 8.03. The second-order valence-corrected chi connectivity index (χ2v) is 11.0. The molecular formula is C33H47N5O6. The lowest BCUT2D eigenvalue weighted by Gasteiger charge is -2.21.